The summed E-state index contributed by atoms with van der Waals surface area (Å²) in [6.45, 7) is 5.87. The van der Waals surface area contributed by atoms with Gasteiger partial charge in [0.25, 0.3) is 5.56 Å². The fraction of sp³-hybridized carbons (Fsp3) is 0.500. The summed E-state index contributed by atoms with van der Waals surface area (Å²) in [4.78, 5) is 63.5. The predicted octanol–water partition coefficient (Wildman–Crippen LogP) is 1.56. The van der Waals surface area contributed by atoms with Gasteiger partial charge < -0.3 is 38.1 Å². The molecule has 212 valence electrons. The van der Waals surface area contributed by atoms with E-state index in [2.05, 4.69) is 4.98 Å². The second-order valence-electron chi connectivity index (χ2n) is 8.68. The van der Waals surface area contributed by atoms with Crippen molar-refractivity contribution in [1.29, 1.82) is 0 Å². The van der Waals surface area contributed by atoms with Crippen LogP contribution in [-0.2, 0) is 49.3 Å². The number of esters is 4. The van der Waals surface area contributed by atoms with Gasteiger partial charge >= 0.3 is 23.9 Å². The van der Waals surface area contributed by atoms with Gasteiger partial charge in [0.1, 0.15) is 24.2 Å². The molecule has 0 radical (unpaired) electrons. The Morgan fingerprint density at radius 1 is 0.897 bits per heavy atom. The van der Waals surface area contributed by atoms with Crippen molar-refractivity contribution in [3.63, 3.8) is 0 Å². The highest BCUT2D eigenvalue weighted by Crippen LogP contribution is 2.36. The van der Waals surface area contributed by atoms with E-state index in [9.17, 15) is 24.0 Å². The maximum Gasteiger partial charge on any atom is 0.303 e. The molecule has 1 saturated heterocycles. The maximum atomic E-state index is 13.0. The van der Waals surface area contributed by atoms with Crippen LogP contribution in [0.1, 0.15) is 40.2 Å². The topological polar surface area (TPSA) is 166 Å². The molecule has 1 aromatic carbocycles. The highest BCUT2D eigenvalue weighted by molar-refractivity contribution is 5.90. The molecule has 5 atom stereocenters. The zero-order valence-corrected chi connectivity index (χ0v) is 22.4. The first kappa shape index (κ1) is 29.4. The van der Waals surface area contributed by atoms with Crippen LogP contribution in [0, 0.1) is 0 Å². The SMILES string of the molecule is CCc1c(O[C@@H]2O[C@H](COC(C)=O)[C@@H](OC(C)=O)[C@H](OC(C)=O)[C@H]2OC(C)=O)c2cccc(OC)c2[nH]c1=O. The molecule has 0 aliphatic carbocycles. The summed E-state index contributed by atoms with van der Waals surface area (Å²) >= 11 is 0. The van der Waals surface area contributed by atoms with E-state index in [4.69, 9.17) is 33.2 Å². The van der Waals surface area contributed by atoms with E-state index in [1.165, 1.54) is 14.0 Å². The summed E-state index contributed by atoms with van der Waals surface area (Å²) in [6.07, 6.45) is -6.64. The predicted molar refractivity (Wildman–Crippen MR) is 133 cm³/mol. The van der Waals surface area contributed by atoms with Crippen molar-refractivity contribution < 1.29 is 52.3 Å². The van der Waals surface area contributed by atoms with E-state index in [0.717, 1.165) is 20.8 Å². The third-order valence-corrected chi connectivity index (χ3v) is 5.81. The number of fused-ring (bicyclic) bond motifs is 1. The van der Waals surface area contributed by atoms with Crippen LogP contribution in [-0.4, -0.2) is 73.3 Å². The lowest BCUT2D eigenvalue weighted by Crippen LogP contribution is -2.63. The van der Waals surface area contributed by atoms with Gasteiger partial charge in [-0.05, 0) is 18.6 Å². The van der Waals surface area contributed by atoms with E-state index in [-0.39, 0.29) is 17.7 Å². The Morgan fingerprint density at radius 2 is 1.51 bits per heavy atom. The normalized spacial score (nSPS) is 22.5. The molecule has 3 rings (SSSR count). The largest absolute Gasteiger partial charge is 0.495 e. The number of aromatic nitrogens is 1. The number of hydrogen-bond acceptors (Lipinski definition) is 12. The molecule has 13 heteroatoms. The molecular weight excluding hydrogens is 518 g/mol. The van der Waals surface area contributed by atoms with Gasteiger partial charge in [-0.15, -0.1) is 0 Å². The van der Waals surface area contributed by atoms with Crippen molar-refractivity contribution >= 4 is 34.8 Å². The number of carbonyl (C=O) groups is 4. The number of rotatable bonds is 9. The number of benzene rings is 1. The van der Waals surface area contributed by atoms with Crippen LogP contribution < -0.4 is 15.0 Å². The Labute approximate surface area is 223 Å². The maximum absolute atomic E-state index is 13.0. The number of ether oxygens (including phenoxy) is 7. The second-order valence-corrected chi connectivity index (χ2v) is 8.68. The molecule has 0 amide bonds. The molecule has 0 saturated carbocycles. The fourth-order valence-corrected chi connectivity index (χ4v) is 4.33. The summed E-state index contributed by atoms with van der Waals surface area (Å²) in [6, 6.07) is 5.04. The van der Waals surface area contributed by atoms with E-state index >= 15 is 0 Å². The fourth-order valence-electron chi connectivity index (χ4n) is 4.33. The molecule has 1 fully saturated rings. The minimum Gasteiger partial charge on any atom is -0.495 e. The lowest BCUT2D eigenvalue weighted by atomic mass is 9.98. The molecule has 39 heavy (non-hydrogen) atoms. The quantitative estimate of drug-likeness (QED) is 0.355. The minimum atomic E-state index is -1.49. The second kappa shape index (κ2) is 12.6. The van der Waals surface area contributed by atoms with Crippen molar-refractivity contribution in [3.05, 3.63) is 34.1 Å². The average molecular weight is 550 g/mol. The number of H-pyrrole nitrogens is 1. The van der Waals surface area contributed by atoms with E-state index in [1.54, 1.807) is 25.1 Å². The molecule has 1 N–H and O–H groups in total. The van der Waals surface area contributed by atoms with Crippen LogP contribution in [0.4, 0.5) is 0 Å². The van der Waals surface area contributed by atoms with Crippen LogP contribution >= 0.6 is 0 Å². The first-order valence-electron chi connectivity index (χ1n) is 12.2. The smallest absolute Gasteiger partial charge is 0.303 e. The summed E-state index contributed by atoms with van der Waals surface area (Å²) < 4.78 is 39.0. The molecule has 2 heterocycles. The lowest BCUT2D eigenvalue weighted by molar-refractivity contribution is -0.288. The number of nitrogens with one attached hydrogen (secondary N) is 1. The molecule has 1 aliphatic heterocycles. The highest BCUT2D eigenvalue weighted by Gasteiger charge is 2.53. The summed E-state index contributed by atoms with van der Waals surface area (Å²) in [7, 11) is 1.45. The van der Waals surface area contributed by atoms with Gasteiger partial charge in [-0.1, -0.05) is 13.0 Å². The van der Waals surface area contributed by atoms with Crippen molar-refractivity contribution in [2.45, 2.75) is 71.7 Å². The lowest BCUT2D eigenvalue weighted by Gasteiger charge is -2.44. The van der Waals surface area contributed by atoms with Gasteiger partial charge in [0.05, 0.1) is 18.2 Å². The number of hydrogen-bond donors (Lipinski definition) is 1. The van der Waals surface area contributed by atoms with E-state index < -0.39 is 66.7 Å². The molecule has 2 aromatic rings. The molecule has 0 unspecified atom stereocenters. The van der Waals surface area contributed by atoms with E-state index in [1.807, 2.05) is 0 Å². The number of carbonyl (C=O) groups excluding carboxylic acids is 4. The number of aromatic amines is 1. The number of methoxy groups -OCH3 is 1. The molecule has 0 bridgehead atoms. The summed E-state index contributed by atoms with van der Waals surface area (Å²) in [5.41, 5.74) is 0.154. The minimum absolute atomic E-state index is 0.107. The Bertz CT molecular complexity index is 1300. The van der Waals surface area contributed by atoms with Crippen LogP contribution in [0.15, 0.2) is 23.0 Å². The average Bonchev–Trinajstić information content (AvgIpc) is 2.85. The molecule has 13 nitrogen and oxygen atoms in total. The van der Waals surface area contributed by atoms with Gasteiger partial charge in [0, 0.05) is 33.1 Å². The Balaban J connectivity index is 2.19. The van der Waals surface area contributed by atoms with Crippen LogP contribution in [0.2, 0.25) is 0 Å². The van der Waals surface area contributed by atoms with Crippen LogP contribution in [0.5, 0.6) is 11.5 Å². The monoisotopic (exact) mass is 549 g/mol. The van der Waals surface area contributed by atoms with Gasteiger partial charge in [0.15, 0.2) is 12.2 Å². The standard InChI is InChI=1S/C26H31NO12/c1-7-16-21(17-9-8-10-18(33-6)20(17)27-25(16)32)39-26-24(37-15(5)31)23(36-14(4)30)22(35-13(3)29)19(38-26)11-34-12(2)28/h8-10,19,22-24,26H,7,11H2,1-6H3,(H,27,32)/t19-,22-,23+,24-,26+/m1/s1. The first-order valence-corrected chi connectivity index (χ1v) is 12.2. The molecule has 0 spiro atoms. The zero-order valence-electron chi connectivity index (χ0n) is 22.4. The van der Waals surface area contributed by atoms with Gasteiger partial charge in [-0.25, -0.2) is 0 Å². The van der Waals surface area contributed by atoms with Crippen LogP contribution in [0.25, 0.3) is 10.9 Å². The zero-order chi connectivity index (χ0) is 28.9. The van der Waals surface area contributed by atoms with Crippen molar-refractivity contribution in [3.8, 4) is 11.5 Å². The highest BCUT2D eigenvalue weighted by atomic mass is 16.7. The van der Waals surface area contributed by atoms with Gasteiger partial charge in [-0.3, -0.25) is 24.0 Å². The third-order valence-electron chi connectivity index (χ3n) is 5.81. The number of pyridine rings is 1. The third kappa shape index (κ3) is 6.85. The molecule has 1 aliphatic rings. The van der Waals surface area contributed by atoms with Crippen LogP contribution in [0.3, 0.4) is 0 Å². The van der Waals surface area contributed by atoms with Gasteiger partial charge in [0.2, 0.25) is 12.4 Å². The van der Waals surface area contributed by atoms with Gasteiger partial charge in [-0.2, -0.15) is 0 Å². The van der Waals surface area contributed by atoms with E-state index in [0.29, 0.717) is 16.7 Å². The van der Waals surface area contributed by atoms with Crippen molar-refractivity contribution in [2.75, 3.05) is 13.7 Å². The Kier molecular flexibility index (Phi) is 9.51. The number of para-hydroxylation sites is 1. The molecular formula is C26H31NO12. The first-order chi connectivity index (χ1) is 18.5. The Morgan fingerprint density at radius 3 is 2.08 bits per heavy atom. The summed E-state index contributed by atoms with van der Waals surface area (Å²) in [5.74, 6) is -2.47. The molecule has 1 aromatic heterocycles. The van der Waals surface area contributed by atoms with Crippen molar-refractivity contribution in [2.24, 2.45) is 0 Å². The summed E-state index contributed by atoms with van der Waals surface area (Å²) in [5, 5.41) is 0.457. The Hall–Kier alpha value is -4.13. The van der Waals surface area contributed by atoms with Crippen molar-refractivity contribution in [1.82, 2.24) is 4.98 Å².